The molecule has 1 N–H and O–H groups in total. The van der Waals surface area contributed by atoms with Crippen molar-refractivity contribution in [3.8, 4) is 11.5 Å². The second-order valence-electron chi connectivity index (χ2n) is 5.07. The third-order valence-corrected chi connectivity index (χ3v) is 3.38. The third-order valence-electron chi connectivity index (χ3n) is 3.38. The first-order valence-electron chi connectivity index (χ1n) is 6.45. The van der Waals surface area contributed by atoms with E-state index in [0.29, 0.717) is 17.4 Å². The van der Waals surface area contributed by atoms with E-state index >= 15 is 0 Å². The molecule has 1 atom stereocenters. The molecule has 0 amide bonds. The largest absolute Gasteiger partial charge is 0.307 e. The molecule has 0 aromatic carbocycles. The minimum Gasteiger partial charge on any atom is -0.307 e. The van der Waals surface area contributed by atoms with Crippen molar-refractivity contribution in [2.75, 3.05) is 6.54 Å². The van der Waals surface area contributed by atoms with Gasteiger partial charge < -0.3 is 9.88 Å². The molecule has 0 bridgehead atoms. The zero-order chi connectivity index (χ0) is 13.4. The van der Waals surface area contributed by atoms with Gasteiger partial charge in [0.1, 0.15) is 11.5 Å². The predicted octanol–water partition coefficient (Wildman–Crippen LogP) is 1.78. The van der Waals surface area contributed by atoms with Gasteiger partial charge in [0.25, 0.3) is 0 Å². The lowest BCUT2D eigenvalue weighted by atomic mass is 10.0. The van der Waals surface area contributed by atoms with Crippen LogP contribution in [0.15, 0.2) is 18.3 Å². The van der Waals surface area contributed by atoms with E-state index < -0.39 is 0 Å². The third kappa shape index (κ3) is 2.12. The second-order valence-corrected chi connectivity index (χ2v) is 5.07. The summed E-state index contributed by atoms with van der Waals surface area (Å²) in [5.74, 6) is 1.74. The van der Waals surface area contributed by atoms with Crippen molar-refractivity contribution in [1.29, 1.82) is 0 Å². The van der Waals surface area contributed by atoms with Crippen LogP contribution in [0, 0.1) is 11.7 Å². The van der Waals surface area contributed by atoms with Gasteiger partial charge >= 0.3 is 0 Å². The van der Waals surface area contributed by atoms with Gasteiger partial charge in [-0.15, -0.1) is 10.2 Å². The molecule has 2 aromatic heterocycles. The molecule has 3 heterocycles. The molecule has 19 heavy (non-hydrogen) atoms. The van der Waals surface area contributed by atoms with Crippen molar-refractivity contribution >= 4 is 0 Å². The number of fused-ring (bicyclic) bond motifs is 1. The van der Waals surface area contributed by atoms with Crippen molar-refractivity contribution in [1.82, 2.24) is 25.1 Å². The fourth-order valence-electron chi connectivity index (χ4n) is 2.42. The van der Waals surface area contributed by atoms with Crippen LogP contribution < -0.4 is 5.32 Å². The van der Waals surface area contributed by atoms with Crippen LogP contribution in [0.3, 0.4) is 0 Å². The Bertz CT molecular complexity index is 575. The van der Waals surface area contributed by atoms with Gasteiger partial charge in [0, 0.05) is 13.1 Å². The molecule has 0 radical (unpaired) electrons. The topological polar surface area (TPSA) is 55.6 Å². The summed E-state index contributed by atoms with van der Waals surface area (Å²) in [6.45, 7) is 5.98. The van der Waals surface area contributed by atoms with Gasteiger partial charge in [-0.05, 0) is 18.1 Å². The lowest BCUT2D eigenvalue weighted by molar-refractivity contribution is 0.339. The van der Waals surface area contributed by atoms with Gasteiger partial charge in [-0.1, -0.05) is 13.8 Å². The minimum atomic E-state index is -0.344. The molecule has 6 heteroatoms. The molecule has 1 aliphatic heterocycles. The summed E-state index contributed by atoms with van der Waals surface area (Å²) >= 11 is 0. The van der Waals surface area contributed by atoms with Crippen molar-refractivity contribution in [2.45, 2.75) is 26.4 Å². The number of pyridine rings is 1. The Labute approximate surface area is 110 Å². The van der Waals surface area contributed by atoms with E-state index in [1.807, 2.05) is 0 Å². The fraction of sp³-hybridized carbons (Fsp3) is 0.462. The maximum Gasteiger partial charge on any atom is 0.182 e. The quantitative estimate of drug-likeness (QED) is 0.895. The zero-order valence-corrected chi connectivity index (χ0v) is 11.0. The molecule has 0 saturated heterocycles. The fourth-order valence-corrected chi connectivity index (χ4v) is 2.42. The molecule has 100 valence electrons. The predicted molar refractivity (Wildman–Crippen MR) is 68.8 cm³/mol. The molecule has 0 saturated carbocycles. The Kier molecular flexibility index (Phi) is 3.02. The van der Waals surface area contributed by atoms with Crippen LogP contribution in [0.5, 0.6) is 0 Å². The van der Waals surface area contributed by atoms with Gasteiger partial charge in [-0.25, -0.2) is 9.37 Å². The van der Waals surface area contributed by atoms with Crippen LogP contribution in [0.1, 0.15) is 25.7 Å². The van der Waals surface area contributed by atoms with Crippen molar-refractivity contribution in [2.24, 2.45) is 5.92 Å². The first-order valence-corrected chi connectivity index (χ1v) is 6.45. The molecule has 1 unspecified atom stereocenters. The zero-order valence-electron chi connectivity index (χ0n) is 11.0. The molecule has 0 aliphatic carbocycles. The molecular weight excluding hydrogens is 245 g/mol. The number of nitrogens with zero attached hydrogens (tertiary/aromatic N) is 4. The van der Waals surface area contributed by atoms with Crippen LogP contribution >= 0.6 is 0 Å². The van der Waals surface area contributed by atoms with Gasteiger partial charge in [0.15, 0.2) is 11.6 Å². The summed E-state index contributed by atoms with van der Waals surface area (Å²) in [5.41, 5.74) is 0.657. The lowest BCUT2D eigenvalue weighted by Crippen LogP contribution is -2.36. The second kappa shape index (κ2) is 4.70. The number of rotatable bonds is 2. The Balaban J connectivity index is 2.03. The number of halogens is 1. The molecule has 5 nitrogen and oxygen atoms in total. The normalized spacial score (nSPS) is 18.6. The lowest BCUT2D eigenvalue weighted by Gasteiger charge is -2.27. The highest BCUT2D eigenvalue weighted by atomic mass is 19.1. The van der Waals surface area contributed by atoms with Gasteiger partial charge in [0.2, 0.25) is 0 Å². The van der Waals surface area contributed by atoms with E-state index in [4.69, 9.17) is 0 Å². The molecule has 0 spiro atoms. The highest BCUT2D eigenvalue weighted by molar-refractivity contribution is 5.49. The maximum atomic E-state index is 12.9. The highest BCUT2D eigenvalue weighted by Gasteiger charge is 2.27. The van der Waals surface area contributed by atoms with Crippen molar-refractivity contribution < 1.29 is 4.39 Å². The summed E-state index contributed by atoms with van der Waals surface area (Å²) in [6, 6.07) is 3.24. The van der Waals surface area contributed by atoms with Gasteiger partial charge in [-0.3, -0.25) is 0 Å². The first-order chi connectivity index (χ1) is 9.16. The molecular formula is C13H16FN5. The summed E-state index contributed by atoms with van der Waals surface area (Å²) in [4.78, 5) is 4.08. The van der Waals surface area contributed by atoms with E-state index in [-0.39, 0.29) is 11.9 Å². The van der Waals surface area contributed by atoms with Crippen LogP contribution in [0.25, 0.3) is 11.5 Å². The molecule has 3 rings (SSSR count). The van der Waals surface area contributed by atoms with E-state index in [1.165, 1.54) is 12.3 Å². The van der Waals surface area contributed by atoms with Crippen molar-refractivity contribution in [3.63, 3.8) is 0 Å². The summed E-state index contributed by atoms with van der Waals surface area (Å²) < 4.78 is 15.0. The Morgan fingerprint density at radius 1 is 1.37 bits per heavy atom. The Hall–Kier alpha value is -1.82. The standard InChI is InChI=1S/C13H16FN5/c1-8(2)11-13-18-17-12(19(13)6-5-15-11)10-4-3-9(14)7-16-10/h3-4,7-8,11,15H,5-6H2,1-2H3. The number of hydrogen-bond donors (Lipinski definition) is 1. The van der Waals surface area contributed by atoms with Crippen LogP contribution in [0.4, 0.5) is 4.39 Å². The van der Waals surface area contributed by atoms with E-state index in [9.17, 15) is 4.39 Å². The van der Waals surface area contributed by atoms with Crippen LogP contribution in [0.2, 0.25) is 0 Å². The average Bonchev–Trinajstić information content (AvgIpc) is 2.83. The SMILES string of the molecule is CC(C)C1NCCn2c(-c3ccc(F)cn3)nnc21. The Morgan fingerprint density at radius 2 is 2.21 bits per heavy atom. The van der Waals surface area contributed by atoms with Crippen LogP contribution in [-0.2, 0) is 6.54 Å². The van der Waals surface area contributed by atoms with Crippen molar-refractivity contribution in [3.05, 3.63) is 30.0 Å². The van der Waals surface area contributed by atoms with Gasteiger partial charge in [-0.2, -0.15) is 0 Å². The number of nitrogens with one attached hydrogen (secondary N) is 1. The average molecular weight is 261 g/mol. The van der Waals surface area contributed by atoms with E-state index in [0.717, 1.165) is 18.9 Å². The Morgan fingerprint density at radius 3 is 2.89 bits per heavy atom. The summed E-state index contributed by atoms with van der Waals surface area (Å²) in [6.07, 6.45) is 1.21. The highest BCUT2D eigenvalue weighted by Crippen LogP contribution is 2.26. The maximum absolute atomic E-state index is 12.9. The minimum absolute atomic E-state index is 0.204. The summed E-state index contributed by atoms with van der Waals surface area (Å²) in [7, 11) is 0. The first kappa shape index (κ1) is 12.2. The molecule has 2 aromatic rings. The molecule has 0 fully saturated rings. The summed E-state index contributed by atoms with van der Waals surface area (Å²) in [5, 5.41) is 11.9. The van der Waals surface area contributed by atoms with E-state index in [2.05, 4.69) is 38.9 Å². The van der Waals surface area contributed by atoms with Gasteiger partial charge in [0.05, 0.1) is 12.2 Å². The van der Waals surface area contributed by atoms with Crippen LogP contribution in [-0.4, -0.2) is 26.3 Å². The molecule has 1 aliphatic rings. The smallest absolute Gasteiger partial charge is 0.182 e. The number of hydrogen-bond acceptors (Lipinski definition) is 4. The monoisotopic (exact) mass is 261 g/mol. The number of aromatic nitrogens is 4. The van der Waals surface area contributed by atoms with E-state index in [1.54, 1.807) is 6.07 Å².